The zero-order valence-electron chi connectivity index (χ0n) is 17.7. The Labute approximate surface area is 174 Å². The number of primary amides is 1. The molecule has 1 atom stereocenters. The van der Waals surface area contributed by atoms with Crippen LogP contribution in [-0.2, 0) is 21.4 Å². The summed E-state index contributed by atoms with van der Waals surface area (Å²) in [4.78, 5) is 17.9. The number of aliphatic imine (C=N–C) groups is 1. The van der Waals surface area contributed by atoms with E-state index in [1.807, 2.05) is 26.8 Å². The maximum Gasteiger partial charge on any atom is 0.241 e. The number of carbonyl (C=O) groups excluding carboxylic acids is 1. The Hall–Kier alpha value is -2.13. The summed E-state index contributed by atoms with van der Waals surface area (Å²) in [5, 5.41) is 3.27. The molecule has 1 aliphatic rings. The van der Waals surface area contributed by atoms with Gasteiger partial charge in [0.25, 0.3) is 0 Å². The molecule has 1 aromatic carbocycles. The van der Waals surface area contributed by atoms with E-state index in [0.29, 0.717) is 31.0 Å². The lowest BCUT2D eigenvalue weighted by Gasteiger charge is -2.34. The standard InChI is InChI=1S/C20H33N5O3S/c1-20(2,3)24-29(27,28)17-10-6-5-9-16(17)13-23-19(22-4)25-11-7-8-15(14-25)12-18(21)26/h5-6,9-10,15,24H,7-8,11-14H2,1-4H3,(H2,21,26)(H,22,23). The molecular formula is C20H33N5O3S. The molecule has 0 aromatic heterocycles. The highest BCUT2D eigenvalue weighted by molar-refractivity contribution is 7.89. The predicted molar refractivity (Wildman–Crippen MR) is 115 cm³/mol. The number of nitrogens with zero attached hydrogens (tertiary/aromatic N) is 2. The van der Waals surface area contributed by atoms with Gasteiger partial charge in [-0.25, -0.2) is 13.1 Å². The number of nitrogens with two attached hydrogens (primary N) is 1. The average molecular weight is 424 g/mol. The van der Waals surface area contributed by atoms with Crippen molar-refractivity contribution in [1.82, 2.24) is 14.9 Å². The van der Waals surface area contributed by atoms with Gasteiger partial charge in [0.05, 0.1) is 4.90 Å². The van der Waals surface area contributed by atoms with Crippen molar-refractivity contribution in [3.8, 4) is 0 Å². The van der Waals surface area contributed by atoms with Crippen molar-refractivity contribution in [2.75, 3.05) is 20.1 Å². The van der Waals surface area contributed by atoms with Crippen LogP contribution in [0.4, 0.5) is 0 Å². The number of hydrogen-bond donors (Lipinski definition) is 3. The zero-order chi connectivity index (χ0) is 21.7. The van der Waals surface area contributed by atoms with Gasteiger partial charge in [0.1, 0.15) is 0 Å². The van der Waals surface area contributed by atoms with Gasteiger partial charge in [-0.15, -0.1) is 0 Å². The molecule has 0 radical (unpaired) electrons. The minimum atomic E-state index is -3.65. The summed E-state index contributed by atoms with van der Waals surface area (Å²) in [5.41, 5.74) is 5.44. The lowest BCUT2D eigenvalue weighted by atomic mass is 9.95. The van der Waals surface area contributed by atoms with Gasteiger partial charge in [0.15, 0.2) is 5.96 Å². The third kappa shape index (κ3) is 7.01. The molecule has 1 fully saturated rings. The van der Waals surface area contributed by atoms with Gasteiger partial charge in [0, 0.05) is 38.6 Å². The van der Waals surface area contributed by atoms with E-state index in [1.165, 1.54) is 0 Å². The van der Waals surface area contributed by atoms with E-state index in [2.05, 4.69) is 19.9 Å². The van der Waals surface area contributed by atoms with Crippen LogP contribution in [-0.4, -0.2) is 50.9 Å². The third-order valence-electron chi connectivity index (χ3n) is 4.66. The summed E-state index contributed by atoms with van der Waals surface area (Å²) in [6, 6.07) is 6.94. The molecule has 4 N–H and O–H groups in total. The Morgan fingerprint density at radius 3 is 2.62 bits per heavy atom. The smallest absolute Gasteiger partial charge is 0.241 e. The number of benzene rings is 1. The highest BCUT2D eigenvalue weighted by Crippen LogP contribution is 2.20. The van der Waals surface area contributed by atoms with Crippen LogP contribution in [0.15, 0.2) is 34.2 Å². The van der Waals surface area contributed by atoms with Crippen LogP contribution >= 0.6 is 0 Å². The predicted octanol–water partition coefficient (Wildman–Crippen LogP) is 1.43. The fourth-order valence-electron chi connectivity index (χ4n) is 3.59. The lowest BCUT2D eigenvalue weighted by molar-refractivity contribution is -0.119. The number of rotatable bonds is 6. The summed E-state index contributed by atoms with van der Waals surface area (Å²) in [6.45, 7) is 7.30. The quantitative estimate of drug-likeness (QED) is 0.473. The average Bonchev–Trinajstić information content (AvgIpc) is 2.60. The van der Waals surface area contributed by atoms with Crippen molar-refractivity contribution in [3.05, 3.63) is 29.8 Å². The minimum absolute atomic E-state index is 0.212. The molecule has 1 heterocycles. The molecule has 1 aliphatic heterocycles. The molecule has 9 heteroatoms. The van der Waals surface area contributed by atoms with E-state index < -0.39 is 15.6 Å². The van der Waals surface area contributed by atoms with Gasteiger partial charge in [-0.1, -0.05) is 18.2 Å². The van der Waals surface area contributed by atoms with E-state index in [0.717, 1.165) is 19.4 Å². The first-order valence-corrected chi connectivity index (χ1v) is 11.4. The van der Waals surface area contributed by atoms with Gasteiger partial charge in [-0.05, 0) is 51.2 Å². The molecule has 1 saturated heterocycles. The minimum Gasteiger partial charge on any atom is -0.370 e. The molecule has 29 heavy (non-hydrogen) atoms. The summed E-state index contributed by atoms with van der Waals surface area (Å²) < 4.78 is 28.3. The Morgan fingerprint density at radius 2 is 2.00 bits per heavy atom. The monoisotopic (exact) mass is 423 g/mol. The van der Waals surface area contributed by atoms with Gasteiger partial charge < -0.3 is 16.0 Å². The van der Waals surface area contributed by atoms with Crippen molar-refractivity contribution >= 4 is 21.9 Å². The summed E-state index contributed by atoms with van der Waals surface area (Å²) in [6.07, 6.45) is 2.29. The molecule has 1 amide bonds. The number of nitrogens with one attached hydrogen (secondary N) is 2. The fraction of sp³-hybridized carbons (Fsp3) is 0.600. The first-order valence-electron chi connectivity index (χ1n) is 9.87. The normalized spacial score (nSPS) is 18.6. The van der Waals surface area contributed by atoms with Gasteiger partial charge >= 0.3 is 0 Å². The maximum atomic E-state index is 12.8. The Kier molecular flexibility index (Phi) is 7.65. The molecule has 0 spiro atoms. The highest BCUT2D eigenvalue weighted by atomic mass is 32.2. The van der Waals surface area contributed by atoms with Crippen molar-refractivity contribution in [2.24, 2.45) is 16.6 Å². The number of carbonyl (C=O) groups is 1. The van der Waals surface area contributed by atoms with Gasteiger partial charge in [-0.3, -0.25) is 9.79 Å². The number of amides is 1. The molecule has 162 valence electrons. The molecule has 1 unspecified atom stereocenters. The van der Waals surface area contributed by atoms with Crippen molar-refractivity contribution in [2.45, 2.75) is 57.0 Å². The van der Waals surface area contributed by atoms with E-state index in [9.17, 15) is 13.2 Å². The molecule has 0 saturated carbocycles. The van der Waals surface area contributed by atoms with E-state index >= 15 is 0 Å². The number of piperidine rings is 1. The van der Waals surface area contributed by atoms with Crippen LogP contribution < -0.4 is 15.8 Å². The molecule has 8 nitrogen and oxygen atoms in total. The highest BCUT2D eigenvalue weighted by Gasteiger charge is 2.26. The van der Waals surface area contributed by atoms with Crippen LogP contribution in [0, 0.1) is 5.92 Å². The number of sulfonamides is 1. The van der Waals surface area contributed by atoms with Gasteiger partial charge in [-0.2, -0.15) is 0 Å². The molecule has 0 aliphatic carbocycles. The van der Waals surface area contributed by atoms with E-state index in [-0.39, 0.29) is 16.7 Å². The molecule has 2 rings (SSSR count). The maximum absolute atomic E-state index is 12.8. The fourth-order valence-corrected chi connectivity index (χ4v) is 5.24. The van der Waals surface area contributed by atoms with Crippen LogP contribution in [0.25, 0.3) is 0 Å². The van der Waals surface area contributed by atoms with Crippen LogP contribution in [0.5, 0.6) is 0 Å². The van der Waals surface area contributed by atoms with Crippen molar-refractivity contribution < 1.29 is 13.2 Å². The second-order valence-corrected chi connectivity index (χ2v) is 10.1. The van der Waals surface area contributed by atoms with Gasteiger partial charge in [0.2, 0.25) is 15.9 Å². The summed E-state index contributed by atoms with van der Waals surface area (Å²) in [7, 11) is -1.95. The van der Waals surface area contributed by atoms with Crippen LogP contribution in [0.1, 0.15) is 45.6 Å². The SMILES string of the molecule is CN=C(NCc1ccccc1S(=O)(=O)NC(C)(C)C)N1CCCC(CC(N)=O)C1. The zero-order valence-corrected chi connectivity index (χ0v) is 18.6. The molecule has 1 aromatic rings. The van der Waals surface area contributed by atoms with Crippen LogP contribution in [0.2, 0.25) is 0 Å². The Morgan fingerprint density at radius 1 is 1.31 bits per heavy atom. The Bertz CT molecular complexity index is 846. The largest absolute Gasteiger partial charge is 0.370 e. The topological polar surface area (TPSA) is 117 Å². The first-order chi connectivity index (χ1) is 13.5. The third-order valence-corrected chi connectivity index (χ3v) is 6.52. The summed E-state index contributed by atoms with van der Waals surface area (Å²) in [5.74, 6) is 0.615. The second-order valence-electron chi connectivity index (χ2n) is 8.49. The summed E-state index contributed by atoms with van der Waals surface area (Å²) >= 11 is 0. The molecular weight excluding hydrogens is 390 g/mol. The first kappa shape index (κ1) is 23.2. The number of guanidine groups is 1. The lowest BCUT2D eigenvalue weighted by Crippen LogP contribution is -2.47. The van der Waals surface area contributed by atoms with E-state index in [1.54, 1.807) is 25.2 Å². The van der Waals surface area contributed by atoms with E-state index in [4.69, 9.17) is 5.73 Å². The van der Waals surface area contributed by atoms with Crippen molar-refractivity contribution in [3.63, 3.8) is 0 Å². The number of likely N-dealkylation sites (tertiary alicyclic amines) is 1. The van der Waals surface area contributed by atoms with Crippen LogP contribution in [0.3, 0.4) is 0 Å². The second kappa shape index (κ2) is 9.58. The number of hydrogen-bond acceptors (Lipinski definition) is 4. The molecule has 0 bridgehead atoms. The van der Waals surface area contributed by atoms with Crippen molar-refractivity contribution in [1.29, 1.82) is 0 Å². The Balaban J connectivity index is 2.12.